The molecule has 1 heterocycles. The first-order valence-corrected chi connectivity index (χ1v) is 10.2. The van der Waals surface area contributed by atoms with Crippen LogP contribution >= 0.6 is 0 Å². The van der Waals surface area contributed by atoms with Crippen LogP contribution in [0.3, 0.4) is 0 Å². The second-order valence-electron chi connectivity index (χ2n) is 7.69. The van der Waals surface area contributed by atoms with E-state index in [2.05, 4.69) is 98.8 Å². The van der Waals surface area contributed by atoms with E-state index >= 15 is 0 Å². The molecule has 1 aliphatic heterocycles. The molecule has 0 bridgehead atoms. The molecule has 0 aliphatic carbocycles. The number of aliphatic imine (C=N–C) groups is 2. The minimum atomic E-state index is 0.939. The van der Waals surface area contributed by atoms with Crippen molar-refractivity contribution in [1.82, 2.24) is 0 Å². The fourth-order valence-electron chi connectivity index (χ4n) is 3.87. The van der Waals surface area contributed by atoms with Crippen molar-refractivity contribution in [1.29, 1.82) is 0 Å². The number of nitrogens with zero attached hydrogens (tertiary/aromatic N) is 2. The molecule has 2 nitrogen and oxygen atoms in total. The minimum Gasteiger partial charge on any atom is -0.247 e. The predicted octanol–water partition coefficient (Wildman–Crippen LogP) is 6.96. The van der Waals surface area contributed by atoms with Crippen LogP contribution in [0.4, 0.5) is 11.4 Å². The Hall–Kier alpha value is -3.78. The lowest BCUT2D eigenvalue weighted by molar-refractivity contribution is 1.35. The molecule has 4 aromatic rings. The summed E-state index contributed by atoms with van der Waals surface area (Å²) in [7, 11) is 0. The molecule has 0 spiro atoms. The molecule has 0 amide bonds. The smallest absolute Gasteiger partial charge is 0.0803 e. The number of fused-ring (bicyclic) bond motifs is 2. The Labute approximate surface area is 177 Å². The zero-order valence-corrected chi connectivity index (χ0v) is 17.1. The van der Waals surface area contributed by atoms with Crippen molar-refractivity contribution < 1.29 is 0 Å². The summed E-state index contributed by atoms with van der Waals surface area (Å²) >= 11 is 0. The predicted molar refractivity (Wildman–Crippen MR) is 126 cm³/mol. The number of rotatable bonds is 2. The first kappa shape index (κ1) is 18.3. The average Bonchev–Trinajstić information content (AvgIpc) is 2.77. The highest BCUT2D eigenvalue weighted by Crippen LogP contribution is 2.34. The summed E-state index contributed by atoms with van der Waals surface area (Å²) in [6.07, 6.45) is 0. The van der Waals surface area contributed by atoms with Crippen LogP contribution in [0.2, 0.25) is 0 Å². The highest BCUT2D eigenvalue weighted by molar-refractivity contribution is 6.22. The monoisotopic (exact) mass is 386 g/mol. The van der Waals surface area contributed by atoms with Gasteiger partial charge >= 0.3 is 0 Å². The fourth-order valence-corrected chi connectivity index (χ4v) is 3.87. The molecular weight excluding hydrogens is 364 g/mol. The van der Waals surface area contributed by atoms with Gasteiger partial charge in [0.15, 0.2) is 0 Å². The Kier molecular flexibility index (Phi) is 4.61. The van der Waals surface area contributed by atoms with E-state index < -0.39 is 0 Å². The molecule has 0 atom stereocenters. The van der Waals surface area contributed by atoms with E-state index in [0.29, 0.717) is 0 Å². The van der Waals surface area contributed by atoms with Crippen molar-refractivity contribution in [3.05, 3.63) is 130 Å². The van der Waals surface area contributed by atoms with Crippen LogP contribution in [0.1, 0.15) is 33.4 Å². The van der Waals surface area contributed by atoms with Gasteiger partial charge in [0.1, 0.15) is 0 Å². The Morgan fingerprint density at radius 1 is 0.467 bits per heavy atom. The molecule has 0 N–H and O–H groups in total. The molecular formula is C28H22N2. The third-order valence-electron chi connectivity index (χ3n) is 5.37. The average molecular weight is 386 g/mol. The first-order valence-electron chi connectivity index (χ1n) is 10.2. The lowest BCUT2D eigenvalue weighted by Gasteiger charge is -2.19. The van der Waals surface area contributed by atoms with E-state index in [0.717, 1.165) is 45.1 Å². The molecule has 0 saturated carbocycles. The van der Waals surface area contributed by atoms with Gasteiger partial charge in [0.2, 0.25) is 0 Å². The summed E-state index contributed by atoms with van der Waals surface area (Å²) in [5, 5.41) is 0. The van der Waals surface area contributed by atoms with Crippen molar-refractivity contribution in [3.63, 3.8) is 0 Å². The second kappa shape index (κ2) is 7.57. The van der Waals surface area contributed by atoms with Gasteiger partial charge < -0.3 is 0 Å². The molecule has 4 aromatic carbocycles. The molecule has 0 radical (unpaired) electrons. The summed E-state index contributed by atoms with van der Waals surface area (Å²) in [4.78, 5) is 10.4. The summed E-state index contributed by atoms with van der Waals surface area (Å²) in [6.45, 7) is 4.22. The van der Waals surface area contributed by atoms with Gasteiger partial charge in [0.05, 0.1) is 22.8 Å². The summed E-state index contributed by atoms with van der Waals surface area (Å²) in [5.74, 6) is 0. The summed E-state index contributed by atoms with van der Waals surface area (Å²) < 4.78 is 0. The largest absolute Gasteiger partial charge is 0.247 e. The van der Waals surface area contributed by atoms with Gasteiger partial charge in [0, 0.05) is 22.3 Å². The molecule has 144 valence electrons. The van der Waals surface area contributed by atoms with E-state index in [4.69, 9.17) is 9.98 Å². The Bertz CT molecular complexity index is 1180. The van der Waals surface area contributed by atoms with Crippen molar-refractivity contribution in [2.24, 2.45) is 9.98 Å². The zero-order valence-electron chi connectivity index (χ0n) is 17.1. The second-order valence-corrected chi connectivity index (χ2v) is 7.69. The molecule has 2 heteroatoms. The van der Waals surface area contributed by atoms with Gasteiger partial charge in [-0.3, -0.25) is 0 Å². The van der Waals surface area contributed by atoms with Gasteiger partial charge in [-0.15, -0.1) is 0 Å². The van der Waals surface area contributed by atoms with Gasteiger partial charge in [-0.2, -0.15) is 0 Å². The lowest BCUT2D eigenvalue weighted by atomic mass is 9.94. The van der Waals surface area contributed by atoms with Crippen LogP contribution in [0.15, 0.2) is 107 Å². The number of aryl methyl sites for hydroxylation is 2. The van der Waals surface area contributed by atoms with E-state index in [1.165, 1.54) is 11.1 Å². The Morgan fingerprint density at radius 3 is 1.27 bits per heavy atom. The third-order valence-corrected chi connectivity index (χ3v) is 5.37. The van der Waals surface area contributed by atoms with Crippen molar-refractivity contribution in [2.45, 2.75) is 13.8 Å². The maximum atomic E-state index is 5.20. The maximum Gasteiger partial charge on any atom is 0.0803 e. The lowest BCUT2D eigenvalue weighted by Crippen LogP contribution is -2.10. The van der Waals surface area contributed by atoms with Crippen LogP contribution in [0.5, 0.6) is 0 Å². The minimum absolute atomic E-state index is 0.939. The summed E-state index contributed by atoms with van der Waals surface area (Å²) in [5.41, 5.74) is 10.5. The Balaban J connectivity index is 1.86. The van der Waals surface area contributed by atoms with Gasteiger partial charge in [-0.25, -0.2) is 9.98 Å². The number of hydrogen-bond donors (Lipinski definition) is 0. The van der Waals surface area contributed by atoms with Gasteiger partial charge in [-0.1, -0.05) is 83.9 Å². The zero-order chi connectivity index (χ0) is 20.5. The highest BCUT2D eigenvalue weighted by Gasteiger charge is 2.20. The third kappa shape index (κ3) is 3.37. The topological polar surface area (TPSA) is 24.7 Å². The quantitative estimate of drug-likeness (QED) is 0.313. The molecule has 0 unspecified atom stereocenters. The number of benzene rings is 4. The van der Waals surface area contributed by atoms with Crippen LogP contribution in [-0.2, 0) is 0 Å². The van der Waals surface area contributed by atoms with Crippen LogP contribution in [0.25, 0.3) is 0 Å². The summed E-state index contributed by atoms with van der Waals surface area (Å²) in [6, 6.07) is 33.6. The number of hydrogen-bond acceptors (Lipinski definition) is 2. The van der Waals surface area contributed by atoms with E-state index in [9.17, 15) is 0 Å². The molecule has 5 rings (SSSR count). The van der Waals surface area contributed by atoms with Crippen molar-refractivity contribution in [2.75, 3.05) is 0 Å². The van der Waals surface area contributed by atoms with E-state index in [1.807, 2.05) is 12.1 Å². The van der Waals surface area contributed by atoms with Crippen molar-refractivity contribution >= 4 is 22.8 Å². The van der Waals surface area contributed by atoms with Crippen LogP contribution < -0.4 is 0 Å². The molecule has 0 aromatic heterocycles. The Morgan fingerprint density at radius 2 is 0.867 bits per heavy atom. The molecule has 30 heavy (non-hydrogen) atoms. The van der Waals surface area contributed by atoms with E-state index in [-0.39, 0.29) is 0 Å². The standard InChI is InChI=1S/C28H22N2/c1-19-13-15-25-23(17-19)27(21-9-5-3-6-10-21)30-26-16-14-20(2)18-24(26)28(29-25)22-11-7-4-8-12-22/h3-18H,1-2H3. The van der Waals surface area contributed by atoms with Crippen LogP contribution in [0, 0.1) is 13.8 Å². The van der Waals surface area contributed by atoms with Gasteiger partial charge in [-0.05, 0) is 38.1 Å². The normalized spacial score (nSPS) is 12.7. The van der Waals surface area contributed by atoms with Crippen LogP contribution in [-0.4, -0.2) is 11.4 Å². The molecule has 0 saturated heterocycles. The highest BCUT2D eigenvalue weighted by atomic mass is 14.8. The van der Waals surface area contributed by atoms with Gasteiger partial charge in [0.25, 0.3) is 0 Å². The first-order chi connectivity index (χ1) is 14.7. The molecule has 1 aliphatic rings. The molecule has 0 fully saturated rings. The van der Waals surface area contributed by atoms with Crippen molar-refractivity contribution in [3.8, 4) is 0 Å². The maximum absolute atomic E-state index is 5.20. The van der Waals surface area contributed by atoms with E-state index in [1.54, 1.807) is 0 Å². The fraction of sp³-hybridized carbons (Fsp3) is 0.0714. The SMILES string of the molecule is Cc1ccc2c(c1)C(c1ccccc1)=Nc1ccc(C)cc1C(c1ccccc1)=N2.